The Bertz CT molecular complexity index is 611. The van der Waals surface area contributed by atoms with Crippen LogP contribution in [0.15, 0.2) is 18.2 Å². The Morgan fingerprint density at radius 2 is 2.00 bits per heavy atom. The fraction of sp³-hybridized carbons (Fsp3) is 0.308. The molecule has 1 aromatic rings. The number of amides is 3. The summed E-state index contributed by atoms with van der Waals surface area (Å²) in [6, 6.07) is 3.57. The Balaban J connectivity index is 1.65. The van der Waals surface area contributed by atoms with Gasteiger partial charge in [-0.25, -0.2) is 4.39 Å². The molecule has 20 heavy (non-hydrogen) atoms. The molecule has 2 unspecified atom stereocenters. The third-order valence-corrected chi connectivity index (χ3v) is 3.55. The summed E-state index contributed by atoms with van der Waals surface area (Å²) in [5.41, 5.74) is 5.89. The van der Waals surface area contributed by atoms with E-state index in [-0.39, 0.29) is 41.6 Å². The van der Waals surface area contributed by atoms with E-state index in [1.165, 1.54) is 6.07 Å². The van der Waals surface area contributed by atoms with Gasteiger partial charge in [-0.3, -0.25) is 19.3 Å². The standard InChI is InChI=1S/C13H12FN3O3/c14-6-1-2-10(9(15)3-6)16-11(18)5-17-12(19)7-4-8(7)13(17)20/h1-3,7-8H,4-5,15H2,(H,16,18). The molecule has 0 radical (unpaired) electrons. The SMILES string of the molecule is Nc1cc(F)ccc1NC(=O)CN1C(=O)C2CC2C1=O. The van der Waals surface area contributed by atoms with Crippen LogP contribution in [0.5, 0.6) is 0 Å². The highest BCUT2D eigenvalue weighted by molar-refractivity contribution is 6.11. The van der Waals surface area contributed by atoms with Gasteiger partial charge in [0.05, 0.1) is 23.2 Å². The number of imide groups is 1. The monoisotopic (exact) mass is 277 g/mol. The minimum Gasteiger partial charge on any atom is -0.397 e. The van der Waals surface area contributed by atoms with Crippen molar-refractivity contribution in [2.45, 2.75) is 6.42 Å². The highest BCUT2D eigenvalue weighted by atomic mass is 19.1. The Labute approximate surface area is 113 Å². The summed E-state index contributed by atoms with van der Waals surface area (Å²) >= 11 is 0. The van der Waals surface area contributed by atoms with Gasteiger partial charge in [0.1, 0.15) is 12.4 Å². The first-order chi connectivity index (χ1) is 9.47. The van der Waals surface area contributed by atoms with Crippen LogP contribution < -0.4 is 11.1 Å². The number of benzene rings is 1. The molecule has 1 aromatic carbocycles. The Morgan fingerprint density at radius 3 is 2.60 bits per heavy atom. The molecule has 1 heterocycles. The molecule has 3 amide bonds. The molecule has 1 aliphatic carbocycles. The van der Waals surface area contributed by atoms with Crippen molar-refractivity contribution in [2.75, 3.05) is 17.6 Å². The van der Waals surface area contributed by atoms with Crippen molar-refractivity contribution in [1.82, 2.24) is 4.90 Å². The predicted molar refractivity (Wildman–Crippen MR) is 67.8 cm³/mol. The number of nitrogens with zero attached hydrogens (tertiary/aromatic N) is 1. The minimum atomic E-state index is -0.536. The average Bonchev–Trinajstić information content (AvgIpc) is 3.13. The highest BCUT2D eigenvalue weighted by Gasteiger charge is 2.59. The summed E-state index contributed by atoms with van der Waals surface area (Å²) in [5.74, 6) is -2.08. The molecule has 7 heteroatoms. The van der Waals surface area contributed by atoms with Crippen LogP contribution in [0.2, 0.25) is 0 Å². The smallest absolute Gasteiger partial charge is 0.244 e. The molecule has 2 fully saturated rings. The van der Waals surface area contributed by atoms with Gasteiger partial charge in [-0.2, -0.15) is 0 Å². The minimum absolute atomic E-state index is 0.0836. The number of carbonyl (C=O) groups is 3. The molecule has 3 N–H and O–H groups in total. The number of nitrogens with two attached hydrogens (primary N) is 1. The number of halogens is 1. The fourth-order valence-electron chi connectivity index (χ4n) is 2.39. The van der Waals surface area contributed by atoms with Crippen LogP contribution in [0.1, 0.15) is 6.42 Å². The second kappa shape index (κ2) is 4.29. The van der Waals surface area contributed by atoms with Gasteiger partial charge in [0, 0.05) is 0 Å². The van der Waals surface area contributed by atoms with E-state index < -0.39 is 11.7 Å². The molecule has 0 spiro atoms. The Kier molecular flexibility index (Phi) is 2.70. The van der Waals surface area contributed by atoms with Gasteiger partial charge in [-0.05, 0) is 24.6 Å². The van der Waals surface area contributed by atoms with Gasteiger partial charge in [-0.15, -0.1) is 0 Å². The third-order valence-electron chi connectivity index (χ3n) is 3.55. The lowest BCUT2D eigenvalue weighted by Crippen LogP contribution is -2.39. The van der Waals surface area contributed by atoms with E-state index in [0.29, 0.717) is 6.42 Å². The van der Waals surface area contributed by atoms with Gasteiger partial charge < -0.3 is 11.1 Å². The second-order valence-electron chi connectivity index (χ2n) is 4.99. The van der Waals surface area contributed by atoms with E-state index in [1.54, 1.807) is 0 Å². The van der Waals surface area contributed by atoms with Crippen molar-refractivity contribution in [3.8, 4) is 0 Å². The van der Waals surface area contributed by atoms with Gasteiger partial charge in [0.2, 0.25) is 17.7 Å². The molecular weight excluding hydrogens is 265 g/mol. The van der Waals surface area contributed by atoms with Crippen molar-refractivity contribution in [3.05, 3.63) is 24.0 Å². The molecule has 104 valence electrons. The topological polar surface area (TPSA) is 92.5 Å². The van der Waals surface area contributed by atoms with Gasteiger partial charge in [-0.1, -0.05) is 0 Å². The third kappa shape index (κ3) is 2.01. The van der Waals surface area contributed by atoms with Gasteiger partial charge in [0.15, 0.2) is 0 Å². The average molecular weight is 277 g/mol. The molecule has 6 nitrogen and oxygen atoms in total. The highest BCUT2D eigenvalue weighted by Crippen LogP contribution is 2.46. The van der Waals surface area contributed by atoms with Crippen molar-refractivity contribution in [1.29, 1.82) is 0 Å². The number of fused-ring (bicyclic) bond motifs is 1. The number of piperidine rings is 1. The maximum Gasteiger partial charge on any atom is 0.244 e. The number of hydrogen-bond acceptors (Lipinski definition) is 4. The van der Waals surface area contributed by atoms with E-state index in [0.717, 1.165) is 17.0 Å². The maximum atomic E-state index is 12.9. The fourth-order valence-corrected chi connectivity index (χ4v) is 2.39. The summed E-state index contributed by atoms with van der Waals surface area (Å²) in [7, 11) is 0. The lowest BCUT2D eigenvalue weighted by molar-refractivity contribution is -0.143. The molecule has 1 saturated heterocycles. The summed E-state index contributed by atoms with van der Waals surface area (Å²) in [6.07, 6.45) is 0.598. The quantitative estimate of drug-likeness (QED) is 0.616. The molecule has 2 aliphatic rings. The molecule has 0 bridgehead atoms. The number of carbonyl (C=O) groups excluding carboxylic acids is 3. The molecule has 3 rings (SSSR count). The number of likely N-dealkylation sites (tertiary alicyclic amines) is 1. The van der Waals surface area contributed by atoms with Crippen LogP contribution in [0.4, 0.5) is 15.8 Å². The maximum absolute atomic E-state index is 12.9. The first kappa shape index (κ1) is 12.6. The van der Waals surface area contributed by atoms with E-state index >= 15 is 0 Å². The molecule has 1 saturated carbocycles. The zero-order valence-electron chi connectivity index (χ0n) is 10.4. The van der Waals surface area contributed by atoms with E-state index in [1.807, 2.05) is 0 Å². The first-order valence-corrected chi connectivity index (χ1v) is 6.17. The second-order valence-corrected chi connectivity index (χ2v) is 4.99. The molecular formula is C13H12FN3O3. The van der Waals surface area contributed by atoms with E-state index in [2.05, 4.69) is 5.32 Å². The van der Waals surface area contributed by atoms with Crippen LogP contribution in [0.25, 0.3) is 0 Å². The summed E-state index contributed by atoms with van der Waals surface area (Å²) < 4.78 is 12.9. The zero-order valence-corrected chi connectivity index (χ0v) is 10.4. The van der Waals surface area contributed by atoms with Crippen LogP contribution >= 0.6 is 0 Å². The van der Waals surface area contributed by atoms with Crippen molar-refractivity contribution in [3.63, 3.8) is 0 Å². The first-order valence-electron chi connectivity index (χ1n) is 6.17. The predicted octanol–water partition coefficient (Wildman–Crippen LogP) is 0.351. The molecule has 2 atom stereocenters. The van der Waals surface area contributed by atoms with Crippen molar-refractivity contribution in [2.24, 2.45) is 11.8 Å². The molecule has 1 aliphatic heterocycles. The lowest BCUT2D eigenvalue weighted by Gasteiger charge is -2.16. The zero-order chi connectivity index (χ0) is 14.4. The number of hydrogen-bond donors (Lipinski definition) is 2. The number of nitrogens with one attached hydrogen (secondary N) is 1. The number of nitrogen functional groups attached to an aromatic ring is 1. The summed E-state index contributed by atoms with van der Waals surface area (Å²) in [6.45, 7) is -0.332. The van der Waals surface area contributed by atoms with Crippen LogP contribution in [0, 0.1) is 17.7 Å². The van der Waals surface area contributed by atoms with Crippen LogP contribution in [-0.4, -0.2) is 29.2 Å². The summed E-state index contributed by atoms with van der Waals surface area (Å²) in [4.78, 5) is 36.2. The van der Waals surface area contributed by atoms with Gasteiger partial charge >= 0.3 is 0 Å². The normalized spacial score (nSPS) is 23.8. The van der Waals surface area contributed by atoms with Crippen LogP contribution in [0.3, 0.4) is 0 Å². The largest absolute Gasteiger partial charge is 0.397 e. The van der Waals surface area contributed by atoms with Crippen molar-refractivity contribution >= 4 is 29.1 Å². The molecule has 0 aromatic heterocycles. The van der Waals surface area contributed by atoms with E-state index in [4.69, 9.17) is 5.73 Å². The number of anilines is 2. The Hall–Kier alpha value is -2.44. The van der Waals surface area contributed by atoms with Crippen LogP contribution in [-0.2, 0) is 14.4 Å². The lowest BCUT2D eigenvalue weighted by atomic mass is 10.2. The number of rotatable bonds is 3. The van der Waals surface area contributed by atoms with E-state index in [9.17, 15) is 18.8 Å². The summed E-state index contributed by atoms with van der Waals surface area (Å²) in [5, 5.41) is 2.46. The van der Waals surface area contributed by atoms with Gasteiger partial charge in [0.25, 0.3) is 0 Å². The Morgan fingerprint density at radius 1 is 1.35 bits per heavy atom. The van der Waals surface area contributed by atoms with Crippen molar-refractivity contribution < 1.29 is 18.8 Å².